The van der Waals surface area contributed by atoms with Gasteiger partial charge in [0.15, 0.2) is 0 Å². The molecule has 0 aromatic heterocycles. The highest BCUT2D eigenvalue weighted by Crippen LogP contribution is 2.32. The van der Waals surface area contributed by atoms with Crippen molar-refractivity contribution >= 4 is 5.97 Å². The largest absolute Gasteiger partial charge is 0.459 e. The second-order valence-corrected chi connectivity index (χ2v) is 5.74. The maximum Gasteiger partial charge on any atom is 0.417 e. The van der Waals surface area contributed by atoms with E-state index >= 15 is 0 Å². The minimum absolute atomic E-state index is 0.343. The molecule has 0 fully saturated rings. The van der Waals surface area contributed by atoms with Crippen LogP contribution in [0.2, 0.25) is 0 Å². The van der Waals surface area contributed by atoms with E-state index in [0.717, 1.165) is 25.3 Å². The summed E-state index contributed by atoms with van der Waals surface area (Å²) in [6, 6.07) is 4.75. The predicted octanol–water partition coefficient (Wildman–Crippen LogP) is 5.86. The molecule has 0 amide bonds. The Morgan fingerprint density at radius 2 is 1.65 bits per heavy atom. The van der Waals surface area contributed by atoms with Crippen LogP contribution in [0, 0.1) is 5.92 Å². The molecule has 0 bridgehead atoms. The van der Waals surface area contributed by atoms with Gasteiger partial charge in [-0.3, -0.25) is 0 Å². The molecule has 2 nitrogen and oxygen atoms in total. The first-order valence-electron chi connectivity index (χ1n) is 8.20. The quantitative estimate of drug-likeness (QED) is 0.558. The predicted molar refractivity (Wildman–Crippen MR) is 84.2 cm³/mol. The molecule has 0 saturated carbocycles. The summed E-state index contributed by atoms with van der Waals surface area (Å²) in [4.78, 5) is 12.1. The number of alkyl halides is 3. The maximum absolute atomic E-state index is 13.0. The van der Waals surface area contributed by atoms with Crippen molar-refractivity contribution in [3.63, 3.8) is 0 Å². The van der Waals surface area contributed by atoms with Gasteiger partial charge in [-0.05, 0) is 37.3 Å². The van der Waals surface area contributed by atoms with E-state index in [0.29, 0.717) is 18.8 Å². The van der Waals surface area contributed by atoms with Crippen molar-refractivity contribution in [2.45, 2.75) is 65.2 Å². The summed E-state index contributed by atoms with van der Waals surface area (Å²) in [5.74, 6) is -0.334. The van der Waals surface area contributed by atoms with Gasteiger partial charge < -0.3 is 4.74 Å². The molecule has 130 valence electrons. The average Bonchev–Trinajstić information content (AvgIpc) is 2.53. The SMILES string of the molecule is CCC(CC)CCC(CC)OC(=O)c1ccccc1C(F)(F)F. The second kappa shape index (κ2) is 8.94. The molecule has 1 aromatic rings. The Hall–Kier alpha value is -1.52. The molecule has 0 N–H and O–H groups in total. The van der Waals surface area contributed by atoms with E-state index in [1.54, 1.807) is 0 Å². The fourth-order valence-electron chi connectivity index (χ4n) is 2.59. The van der Waals surface area contributed by atoms with Gasteiger partial charge >= 0.3 is 12.1 Å². The molecular weight excluding hydrogens is 305 g/mol. The number of hydrogen-bond acceptors (Lipinski definition) is 2. The van der Waals surface area contributed by atoms with Gasteiger partial charge in [0.05, 0.1) is 11.1 Å². The van der Waals surface area contributed by atoms with E-state index in [4.69, 9.17) is 4.74 Å². The van der Waals surface area contributed by atoms with Crippen LogP contribution < -0.4 is 0 Å². The highest BCUT2D eigenvalue weighted by molar-refractivity contribution is 5.91. The molecule has 23 heavy (non-hydrogen) atoms. The molecule has 1 unspecified atom stereocenters. The number of rotatable bonds is 8. The number of benzene rings is 1. The molecule has 0 aliphatic carbocycles. The zero-order valence-electron chi connectivity index (χ0n) is 14.0. The smallest absolute Gasteiger partial charge is 0.417 e. The van der Waals surface area contributed by atoms with Crippen LogP contribution in [-0.4, -0.2) is 12.1 Å². The standard InChI is InChI=1S/C18H25F3O2/c1-4-13(5-2)11-12-14(6-3)23-17(22)15-9-7-8-10-16(15)18(19,20)21/h7-10,13-14H,4-6,11-12H2,1-3H3. The lowest BCUT2D eigenvalue weighted by atomic mass is 9.95. The van der Waals surface area contributed by atoms with Crippen molar-refractivity contribution in [2.24, 2.45) is 5.92 Å². The molecule has 1 aromatic carbocycles. The second-order valence-electron chi connectivity index (χ2n) is 5.74. The monoisotopic (exact) mass is 330 g/mol. The van der Waals surface area contributed by atoms with Crippen LogP contribution in [0.1, 0.15) is 68.8 Å². The van der Waals surface area contributed by atoms with E-state index in [1.807, 2.05) is 6.92 Å². The lowest BCUT2D eigenvalue weighted by Crippen LogP contribution is -2.21. The van der Waals surface area contributed by atoms with Crippen molar-refractivity contribution in [1.82, 2.24) is 0 Å². The van der Waals surface area contributed by atoms with Crippen molar-refractivity contribution in [1.29, 1.82) is 0 Å². The van der Waals surface area contributed by atoms with Crippen LogP contribution in [-0.2, 0) is 10.9 Å². The zero-order chi connectivity index (χ0) is 17.5. The minimum Gasteiger partial charge on any atom is -0.459 e. The minimum atomic E-state index is -4.56. The maximum atomic E-state index is 13.0. The van der Waals surface area contributed by atoms with Crippen LogP contribution in [0.4, 0.5) is 13.2 Å². The molecule has 0 radical (unpaired) electrons. The Kier molecular flexibility index (Phi) is 7.59. The van der Waals surface area contributed by atoms with Gasteiger partial charge in [0.2, 0.25) is 0 Å². The molecule has 0 saturated heterocycles. The molecule has 1 atom stereocenters. The van der Waals surface area contributed by atoms with Crippen LogP contribution >= 0.6 is 0 Å². The Balaban J connectivity index is 2.78. The summed E-state index contributed by atoms with van der Waals surface area (Å²) in [7, 11) is 0. The molecule has 1 rings (SSSR count). The molecule has 0 heterocycles. The number of hydrogen-bond donors (Lipinski definition) is 0. The third kappa shape index (κ3) is 5.88. The number of esters is 1. The van der Waals surface area contributed by atoms with Crippen LogP contribution in [0.3, 0.4) is 0 Å². The van der Waals surface area contributed by atoms with Crippen LogP contribution in [0.5, 0.6) is 0 Å². The fourth-order valence-corrected chi connectivity index (χ4v) is 2.59. The van der Waals surface area contributed by atoms with Gasteiger partial charge in [0, 0.05) is 0 Å². The first kappa shape index (κ1) is 19.5. The van der Waals surface area contributed by atoms with E-state index in [9.17, 15) is 18.0 Å². The molecular formula is C18H25F3O2. The summed E-state index contributed by atoms with van der Waals surface area (Å²) >= 11 is 0. The lowest BCUT2D eigenvalue weighted by Gasteiger charge is -2.20. The Labute approximate surface area is 136 Å². The Morgan fingerprint density at radius 3 is 2.17 bits per heavy atom. The number of carbonyl (C=O) groups excluding carboxylic acids is 1. The van der Waals surface area contributed by atoms with Crippen molar-refractivity contribution in [3.8, 4) is 0 Å². The molecule has 5 heteroatoms. The van der Waals surface area contributed by atoms with E-state index in [-0.39, 0.29) is 6.10 Å². The van der Waals surface area contributed by atoms with E-state index < -0.39 is 23.3 Å². The topological polar surface area (TPSA) is 26.3 Å². The third-order valence-corrected chi connectivity index (χ3v) is 4.23. The number of ether oxygens (including phenoxy) is 1. The van der Waals surface area contributed by atoms with Gasteiger partial charge in [0.1, 0.15) is 6.10 Å². The van der Waals surface area contributed by atoms with Gasteiger partial charge in [-0.2, -0.15) is 13.2 Å². The van der Waals surface area contributed by atoms with Gasteiger partial charge in [-0.25, -0.2) is 4.79 Å². The van der Waals surface area contributed by atoms with Crippen LogP contribution in [0.25, 0.3) is 0 Å². The zero-order valence-corrected chi connectivity index (χ0v) is 14.0. The average molecular weight is 330 g/mol. The molecule has 0 aliphatic heterocycles. The number of halogens is 3. The summed E-state index contributed by atoms with van der Waals surface area (Å²) in [6.07, 6.45) is -0.602. The fraction of sp³-hybridized carbons (Fsp3) is 0.611. The summed E-state index contributed by atoms with van der Waals surface area (Å²) in [5.41, 5.74) is -1.36. The highest BCUT2D eigenvalue weighted by Gasteiger charge is 2.35. The van der Waals surface area contributed by atoms with Gasteiger partial charge in [-0.1, -0.05) is 45.7 Å². The third-order valence-electron chi connectivity index (χ3n) is 4.23. The van der Waals surface area contributed by atoms with E-state index in [1.165, 1.54) is 18.2 Å². The van der Waals surface area contributed by atoms with Gasteiger partial charge in [0.25, 0.3) is 0 Å². The Morgan fingerprint density at radius 1 is 1.04 bits per heavy atom. The lowest BCUT2D eigenvalue weighted by molar-refractivity contribution is -0.138. The summed E-state index contributed by atoms with van der Waals surface area (Å²) < 4.78 is 44.2. The highest BCUT2D eigenvalue weighted by atomic mass is 19.4. The molecule has 0 aliphatic rings. The van der Waals surface area contributed by atoms with Crippen molar-refractivity contribution in [2.75, 3.05) is 0 Å². The normalized spacial score (nSPS) is 13.2. The van der Waals surface area contributed by atoms with Crippen molar-refractivity contribution in [3.05, 3.63) is 35.4 Å². The van der Waals surface area contributed by atoms with E-state index in [2.05, 4.69) is 13.8 Å². The molecule has 0 spiro atoms. The Bertz CT molecular complexity index is 493. The van der Waals surface area contributed by atoms with Crippen molar-refractivity contribution < 1.29 is 22.7 Å². The summed E-state index contributed by atoms with van der Waals surface area (Å²) in [5, 5.41) is 0. The summed E-state index contributed by atoms with van der Waals surface area (Å²) in [6.45, 7) is 6.10. The van der Waals surface area contributed by atoms with Gasteiger partial charge in [-0.15, -0.1) is 0 Å². The van der Waals surface area contributed by atoms with Crippen LogP contribution in [0.15, 0.2) is 24.3 Å². The first-order valence-corrected chi connectivity index (χ1v) is 8.20. The first-order chi connectivity index (χ1) is 10.8. The number of carbonyl (C=O) groups is 1.